The Balaban J connectivity index is 2.66. The molecule has 1 fully saturated rings. The van der Waals surface area contributed by atoms with Crippen LogP contribution in [0.5, 0.6) is 0 Å². The predicted molar refractivity (Wildman–Crippen MR) is 68.8 cm³/mol. The van der Waals surface area contributed by atoms with Gasteiger partial charge in [0, 0.05) is 36.2 Å². The maximum Gasteiger partial charge on any atom is 0.0327 e. The second-order valence-electron chi connectivity index (χ2n) is 4.13. The van der Waals surface area contributed by atoms with E-state index in [-0.39, 0.29) is 11.6 Å². The van der Waals surface area contributed by atoms with Crippen molar-refractivity contribution in [3.8, 4) is 0 Å². The zero-order valence-corrected chi connectivity index (χ0v) is 11.1. The smallest absolute Gasteiger partial charge is 0.0327 e. The molecule has 2 unspecified atom stereocenters. The summed E-state index contributed by atoms with van der Waals surface area (Å²) in [5.41, 5.74) is 6.29. The van der Waals surface area contributed by atoms with Gasteiger partial charge in [0.15, 0.2) is 0 Å². The Morgan fingerprint density at radius 2 is 1.86 bits per heavy atom. The highest BCUT2D eigenvalue weighted by Crippen LogP contribution is 2.29. The van der Waals surface area contributed by atoms with Crippen LogP contribution < -0.4 is 5.73 Å². The van der Waals surface area contributed by atoms with Gasteiger partial charge in [-0.3, -0.25) is 4.90 Å². The largest absolute Gasteiger partial charge is 0.326 e. The van der Waals surface area contributed by atoms with Gasteiger partial charge in [-0.1, -0.05) is 28.5 Å². The summed E-state index contributed by atoms with van der Waals surface area (Å²) < 4.78 is 0. The molecule has 0 spiro atoms. The van der Waals surface area contributed by atoms with Gasteiger partial charge in [0.1, 0.15) is 0 Å². The Kier molecular flexibility index (Phi) is 5.11. The van der Waals surface area contributed by atoms with Crippen molar-refractivity contribution in [3.05, 3.63) is 0 Å². The Morgan fingerprint density at radius 3 is 2.21 bits per heavy atom. The predicted octanol–water partition coefficient (Wildman–Crippen LogP) is 2.20. The van der Waals surface area contributed by atoms with Gasteiger partial charge in [0.25, 0.3) is 0 Å². The fraction of sp³-hybridized carbons (Fsp3) is 1.00. The van der Waals surface area contributed by atoms with Crippen LogP contribution in [0, 0.1) is 0 Å². The highest BCUT2D eigenvalue weighted by Gasteiger charge is 2.33. The third kappa shape index (κ3) is 2.81. The highest BCUT2D eigenvalue weighted by molar-refractivity contribution is 8.76. The van der Waals surface area contributed by atoms with Gasteiger partial charge in [0.2, 0.25) is 0 Å². The average molecular weight is 234 g/mol. The van der Waals surface area contributed by atoms with E-state index in [0.717, 1.165) is 6.42 Å². The van der Waals surface area contributed by atoms with Crippen LogP contribution in [0.25, 0.3) is 0 Å². The third-order valence-electron chi connectivity index (χ3n) is 3.39. The van der Waals surface area contributed by atoms with E-state index in [1.54, 1.807) is 0 Å². The molecule has 14 heavy (non-hydrogen) atoms. The minimum Gasteiger partial charge on any atom is -0.326 e. The molecule has 0 aromatic carbocycles. The summed E-state index contributed by atoms with van der Waals surface area (Å²) in [7, 11) is 3.98. The third-order valence-corrected chi connectivity index (χ3v) is 5.76. The molecule has 0 radical (unpaired) electrons. The van der Waals surface area contributed by atoms with Gasteiger partial charge in [0.05, 0.1) is 0 Å². The fourth-order valence-electron chi connectivity index (χ4n) is 1.87. The summed E-state index contributed by atoms with van der Waals surface area (Å²) >= 11 is 0. The minimum absolute atomic E-state index is 0.186. The molecule has 0 amide bonds. The van der Waals surface area contributed by atoms with Crippen LogP contribution in [0.15, 0.2) is 0 Å². The van der Waals surface area contributed by atoms with Crippen molar-refractivity contribution in [2.24, 2.45) is 5.73 Å². The number of rotatable bonds is 3. The van der Waals surface area contributed by atoms with Gasteiger partial charge in [-0.15, -0.1) is 0 Å². The zero-order chi connectivity index (χ0) is 10.6. The highest BCUT2D eigenvalue weighted by atomic mass is 33.1. The molecule has 0 aromatic rings. The van der Waals surface area contributed by atoms with E-state index in [2.05, 4.69) is 25.7 Å². The summed E-state index contributed by atoms with van der Waals surface area (Å²) in [6.07, 6.45) is 1.14. The van der Waals surface area contributed by atoms with Gasteiger partial charge in [-0.25, -0.2) is 0 Å². The fourth-order valence-corrected chi connectivity index (χ4v) is 3.85. The molecule has 0 aromatic heterocycles. The zero-order valence-electron chi connectivity index (χ0n) is 9.45. The summed E-state index contributed by atoms with van der Waals surface area (Å²) in [5.74, 6) is 2.46. The molecule has 0 saturated carbocycles. The van der Waals surface area contributed by atoms with Crippen molar-refractivity contribution in [1.29, 1.82) is 0 Å². The van der Waals surface area contributed by atoms with Gasteiger partial charge in [-0.2, -0.15) is 0 Å². The lowest BCUT2D eigenvalue weighted by Crippen LogP contribution is -2.57. The number of nitrogens with two attached hydrogens (primary N) is 1. The van der Waals surface area contributed by atoms with E-state index < -0.39 is 0 Å². The van der Waals surface area contributed by atoms with Gasteiger partial charge >= 0.3 is 0 Å². The van der Waals surface area contributed by atoms with Crippen molar-refractivity contribution in [3.63, 3.8) is 0 Å². The normalized spacial score (nSPS) is 26.6. The van der Waals surface area contributed by atoms with Crippen molar-refractivity contribution >= 4 is 21.6 Å². The summed E-state index contributed by atoms with van der Waals surface area (Å²) in [4.78, 5) is 2.57. The van der Waals surface area contributed by atoms with Crippen LogP contribution in [-0.4, -0.2) is 41.1 Å². The molecule has 2 nitrogen and oxygen atoms in total. The van der Waals surface area contributed by atoms with E-state index in [9.17, 15) is 0 Å². The molecule has 1 rings (SSSR count). The van der Waals surface area contributed by atoms with Crippen molar-refractivity contribution in [1.82, 2.24) is 4.90 Å². The monoisotopic (exact) mass is 234 g/mol. The lowest BCUT2D eigenvalue weighted by molar-refractivity contribution is 0.0934. The number of nitrogens with zero attached hydrogens (tertiary/aromatic N) is 1. The summed E-state index contributed by atoms with van der Waals surface area (Å²) in [6, 6.07) is 0.251. The standard InChI is InChI=1S/C10H22N2S2/c1-4-10(3,9(2)11)12-5-7-13-14-8-6-12/h9H,4-8,11H2,1-3H3. The van der Waals surface area contributed by atoms with Gasteiger partial charge in [-0.05, 0) is 20.3 Å². The van der Waals surface area contributed by atoms with Crippen molar-refractivity contribution in [2.75, 3.05) is 24.6 Å². The van der Waals surface area contributed by atoms with Crippen LogP contribution in [0.2, 0.25) is 0 Å². The van der Waals surface area contributed by atoms with Crippen LogP contribution in [0.4, 0.5) is 0 Å². The molecule has 2 N–H and O–H groups in total. The minimum atomic E-state index is 0.186. The Morgan fingerprint density at radius 1 is 1.36 bits per heavy atom. The molecular formula is C10H22N2S2. The molecule has 1 heterocycles. The molecule has 4 heteroatoms. The quantitative estimate of drug-likeness (QED) is 0.758. The van der Waals surface area contributed by atoms with E-state index in [1.807, 2.05) is 21.6 Å². The van der Waals surface area contributed by atoms with E-state index in [0.29, 0.717) is 0 Å². The number of hydrogen-bond acceptors (Lipinski definition) is 4. The first-order valence-corrected chi connectivity index (χ1v) is 7.85. The second kappa shape index (κ2) is 5.64. The van der Waals surface area contributed by atoms with Crippen LogP contribution >= 0.6 is 21.6 Å². The summed E-state index contributed by atoms with van der Waals surface area (Å²) in [6.45, 7) is 9.05. The molecule has 0 bridgehead atoms. The Labute approximate surface area is 95.8 Å². The van der Waals surface area contributed by atoms with Crippen molar-refractivity contribution in [2.45, 2.75) is 38.8 Å². The lowest BCUT2D eigenvalue weighted by atomic mass is 9.89. The van der Waals surface area contributed by atoms with E-state index in [1.165, 1.54) is 24.6 Å². The molecule has 1 aliphatic heterocycles. The molecular weight excluding hydrogens is 212 g/mol. The first-order chi connectivity index (χ1) is 6.61. The van der Waals surface area contributed by atoms with Crippen LogP contribution in [-0.2, 0) is 0 Å². The van der Waals surface area contributed by atoms with Crippen LogP contribution in [0.3, 0.4) is 0 Å². The molecule has 2 atom stereocenters. The Hall–Kier alpha value is 0.620. The van der Waals surface area contributed by atoms with Crippen LogP contribution in [0.1, 0.15) is 27.2 Å². The van der Waals surface area contributed by atoms with Gasteiger partial charge < -0.3 is 5.73 Å². The first-order valence-electron chi connectivity index (χ1n) is 5.36. The lowest BCUT2D eigenvalue weighted by Gasteiger charge is -2.43. The maximum atomic E-state index is 6.11. The SMILES string of the molecule is CCC(C)(C(C)N)N1CCSSCC1. The maximum absolute atomic E-state index is 6.11. The average Bonchev–Trinajstić information content (AvgIpc) is 2.44. The topological polar surface area (TPSA) is 29.3 Å². The van der Waals surface area contributed by atoms with Crippen molar-refractivity contribution < 1.29 is 0 Å². The second-order valence-corrected chi connectivity index (χ2v) is 6.83. The molecule has 0 aliphatic carbocycles. The first kappa shape index (κ1) is 12.7. The molecule has 84 valence electrons. The number of hydrogen-bond donors (Lipinski definition) is 1. The summed E-state index contributed by atoms with van der Waals surface area (Å²) in [5, 5.41) is 0. The van der Waals surface area contributed by atoms with E-state index in [4.69, 9.17) is 5.73 Å². The molecule has 1 aliphatic rings. The Bertz CT molecular complexity index is 168. The van der Waals surface area contributed by atoms with E-state index >= 15 is 0 Å². The molecule has 1 saturated heterocycles.